The van der Waals surface area contributed by atoms with Crippen molar-refractivity contribution in [2.45, 2.75) is 43.9 Å². The molecule has 1 N–H and O–H groups in total. The number of aromatic hydroxyl groups is 1. The van der Waals surface area contributed by atoms with Crippen molar-refractivity contribution < 1.29 is 19.0 Å². The third kappa shape index (κ3) is 4.64. The number of phenols is 1. The van der Waals surface area contributed by atoms with Crippen LogP contribution in [0, 0.1) is 11.7 Å². The second-order valence-electron chi connectivity index (χ2n) is 9.80. The van der Waals surface area contributed by atoms with Gasteiger partial charge in [-0.3, -0.25) is 0 Å². The number of aldehydes is 1. The fourth-order valence-corrected chi connectivity index (χ4v) is 6.02. The minimum Gasteiger partial charge on any atom is -0.508 e. The fraction of sp³-hybridized carbons (Fsp3) is 0.367. The molecule has 0 unspecified atom stereocenters. The number of halogens is 1. The number of hydrogen-bond acceptors (Lipinski definition) is 4. The maximum atomic E-state index is 15.7. The predicted octanol–water partition coefficient (Wildman–Crippen LogP) is 6.21. The van der Waals surface area contributed by atoms with E-state index in [1.165, 1.54) is 5.56 Å². The predicted molar refractivity (Wildman–Crippen MR) is 136 cm³/mol. The Labute approximate surface area is 206 Å². The second kappa shape index (κ2) is 10.1. The molecule has 5 rings (SSSR count). The van der Waals surface area contributed by atoms with Gasteiger partial charge in [-0.1, -0.05) is 36.4 Å². The van der Waals surface area contributed by atoms with E-state index in [4.69, 9.17) is 4.74 Å². The van der Waals surface area contributed by atoms with Gasteiger partial charge in [0.25, 0.3) is 0 Å². The van der Waals surface area contributed by atoms with Crippen LogP contribution in [0.3, 0.4) is 0 Å². The Morgan fingerprint density at radius 3 is 2.51 bits per heavy atom. The highest BCUT2D eigenvalue weighted by molar-refractivity contribution is 5.59. The second-order valence-corrected chi connectivity index (χ2v) is 9.80. The van der Waals surface area contributed by atoms with Gasteiger partial charge in [0.15, 0.2) is 0 Å². The molecule has 35 heavy (non-hydrogen) atoms. The molecule has 1 heterocycles. The maximum absolute atomic E-state index is 15.7. The van der Waals surface area contributed by atoms with E-state index in [0.717, 1.165) is 61.7 Å². The smallest absolute Gasteiger partial charge is 0.147 e. The van der Waals surface area contributed by atoms with Crippen LogP contribution in [-0.2, 0) is 11.2 Å². The number of fused-ring (bicyclic) bond motifs is 1. The molecule has 0 saturated carbocycles. The molecule has 2 aliphatic rings. The van der Waals surface area contributed by atoms with Gasteiger partial charge in [-0.15, -0.1) is 0 Å². The Balaban J connectivity index is 1.56. The number of benzene rings is 3. The van der Waals surface area contributed by atoms with Crippen LogP contribution >= 0.6 is 0 Å². The van der Waals surface area contributed by atoms with Crippen LogP contribution in [0.2, 0.25) is 0 Å². The number of ether oxygens (including phenoxy) is 1. The quantitative estimate of drug-likeness (QED) is 0.433. The number of aryl methyl sites for hydroxylation is 1. The van der Waals surface area contributed by atoms with Crippen LogP contribution in [0.4, 0.5) is 10.1 Å². The van der Waals surface area contributed by atoms with Gasteiger partial charge in [0, 0.05) is 37.1 Å². The van der Waals surface area contributed by atoms with Gasteiger partial charge < -0.3 is 19.5 Å². The first-order valence-corrected chi connectivity index (χ1v) is 12.5. The lowest BCUT2D eigenvalue weighted by Crippen LogP contribution is -2.34. The maximum Gasteiger partial charge on any atom is 0.147 e. The third-order valence-corrected chi connectivity index (χ3v) is 7.84. The Morgan fingerprint density at radius 2 is 1.80 bits per heavy atom. The third-order valence-electron chi connectivity index (χ3n) is 7.84. The zero-order valence-corrected chi connectivity index (χ0v) is 20.1. The Hall–Kier alpha value is -3.34. The van der Waals surface area contributed by atoms with E-state index in [2.05, 4.69) is 17.0 Å². The summed E-state index contributed by atoms with van der Waals surface area (Å²) in [5, 5.41) is 10.1. The summed E-state index contributed by atoms with van der Waals surface area (Å²) in [7, 11) is 1.65. The van der Waals surface area contributed by atoms with Crippen molar-refractivity contribution in [1.82, 2.24) is 0 Å². The molecule has 1 aliphatic heterocycles. The van der Waals surface area contributed by atoms with Crippen molar-refractivity contribution >= 4 is 12.0 Å². The molecule has 1 saturated heterocycles. The zero-order chi connectivity index (χ0) is 24.4. The molecule has 1 aliphatic carbocycles. The topological polar surface area (TPSA) is 49.8 Å². The summed E-state index contributed by atoms with van der Waals surface area (Å²) in [5.74, 6) is 1.17. The molecular formula is C30H32FNO3. The number of rotatable bonds is 6. The van der Waals surface area contributed by atoms with Crippen LogP contribution in [0.1, 0.15) is 59.8 Å². The van der Waals surface area contributed by atoms with Crippen molar-refractivity contribution in [3.63, 3.8) is 0 Å². The van der Waals surface area contributed by atoms with E-state index >= 15 is 4.39 Å². The lowest BCUT2D eigenvalue weighted by atomic mass is 9.69. The van der Waals surface area contributed by atoms with Crippen molar-refractivity contribution in [3.05, 3.63) is 88.7 Å². The van der Waals surface area contributed by atoms with Gasteiger partial charge in [-0.05, 0) is 72.4 Å². The van der Waals surface area contributed by atoms with E-state index < -0.39 is 0 Å². The summed E-state index contributed by atoms with van der Waals surface area (Å²) in [6.45, 7) is 1.46. The molecule has 2 atom stereocenters. The lowest BCUT2D eigenvalue weighted by molar-refractivity contribution is -0.108. The van der Waals surface area contributed by atoms with Crippen molar-refractivity contribution in [2.75, 3.05) is 25.1 Å². The van der Waals surface area contributed by atoms with Gasteiger partial charge in [-0.25, -0.2) is 4.39 Å². The summed E-state index contributed by atoms with van der Waals surface area (Å²) in [6, 6.07) is 19.4. The van der Waals surface area contributed by atoms with Crippen molar-refractivity contribution in [3.8, 4) is 11.5 Å². The molecule has 5 heteroatoms. The molecule has 3 aromatic carbocycles. The molecule has 3 aromatic rings. The number of nitrogens with zero attached hydrogens (tertiary/aromatic N) is 1. The number of carbonyl (C=O) groups excluding carboxylic acids is 1. The fourth-order valence-electron chi connectivity index (χ4n) is 6.02. The van der Waals surface area contributed by atoms with E-state index in [1.54, 1.807) is 19.2 Å². The highest BCUT2D eigenvalue weighted by atomic mass is 19.1. The molecule has 182 valence electrons. The van der Waals surface area contributed by atoms with Gasteiger partial charge in [0.05, 0.1) is 12.8 Å². The SMILES string of the molecule is COc1cc(N2CCC(CC=O)CC2)c(F)cc1[C@@H]1c2ccc(O)cc2CC[C@@H]1c1ccccc1. The minimum atomic E-state index is -0.243. The van der Waals surface area contributed by atoms with Crippen molar-refractivity contribution in [2.24, 2.45) is 5.92 Å². The van der Waals surface area contributed by atoms with Gasteiger partial charge in [0.2, 0.25) is 0 Å². The largest absolute Gasteiger partial charge is 0.508 e. The van der Waals surface area contributed by atoms with Crippen molar-refractivity contribution in [1.29, 1.82) is 0 Å². The van der Waals surface area contributed by atoms with Crippen LogP contribution in [0.5, 0.6) is 11.5 Å². The first-order chi connectivity index (χ1) is 17.1. The highest BCUT2D eigenvalue weighted by Gasteiger charge is 2.35. The Morgan fingerprint density at radius 1 is 1.03 bits per heavy atom. The first-order valence-electron chi connectivity index (χ1n) is 12.5. The normalized spacial score (nSPS) is 20.3. The first kappa shape index (κ1) is 23.4. The Bertz CT molecular complexity index is 1190. The van der Waals surface area contributed by atoms with E-state index in [0.29, 0.717) is 23.8 Å². The number of carbonyl (C=O) groups is 1. The minimum absolute atomic E-state index is 0.0847. The van der Waals surface area contributed by atoms with E-state index in [9.17, 15) is 9.90 Å². The molecule has 4 nitrogen and oxygen atoms in total. The number of hydrogen-bond donors (Lipinski definition) is 1. The average Bonchev–Trinajstić information content (AvgIpc) is 2.89. The van der Waals surface area contributed by atoms with Gasteiger partial charge in [-0.2, -0.15) is 0 Å². The summed E-state index contributed by atoms with van der Waals surface area (Å²) < 4.78 is 21.6. The molecule has 0 spiro atoms. The van der Waals surface area contributed by atoms with E-state index in [1.807, 2.05) is 36.4 Å². The van der Waals surface area contributed by atoms with Crippen LogP contribution in [-0.4, -0.2) is 31.6 Å². The summed E-state index contributed by atoms with van der Waals surface area (Å²) in [6.07, 6.45) is 5.11. The average molecular weight is 474 g/mol. The molecule has 0 amide bonds. The van der Waals surface area contributed by atoms with Gasteiger partial charge in [0.1, 0.15) is 23.6 Å². The van der Waals surface area contributed by atoms with Gasteiger partial charge >= 0.3 is 0 Å². The summed E-state index contributed by atoms with van der Waals surface area (Å²) in [4.78, 5) is 13.0. The molecular weight excluding hydrogens is 441 g/mol. The Kier molecular flexibility index (Phi) is 6.76. The number of anilines is 1. The van der Waals surface area contributed by atoms with E-state index in [-0.39, 0.29) is 23.4 Å². The number of piperidine rings is 1. The molecule has 0 bridgehead atoms. The van der Waals surface area contributed by atoms with Crippen LogP contribution < -0.4 is 9.64 Å². The highest BCUT2D eigenvalue weighted by Crippen LogP contribution is 2.50. The van der Waals surface area contributed by atoms with Crippen LogP contribution in [0.15, 0.2) is 60.7 Å². The summed E-state index contributed by atoms with van der Waals surface area (Å²) in [5.41, 5.74) is 4.84. The molecule has 0 aromatic heterocycles. The zero-order valence-electron chi connectivity index (χ0n) is 20.1. The summed E-state index contributed by atoms with van der Waals surface area (Å²) >= 11 is 0. The number of methoxy groups -OCH3 is 1. The standard InChI is InChI=1S/C30H32FNO3/c1-35-29-19-28(32-14-11-20(12-15-32)13-16-33)27(31)18-26(29)30-24(21-5-3-2-4-6-21)9-7-22-17-23(34)8-10-25(22)30/h2-6,8,10,16-20,24,30,34H,7,9,11-15H2,1H3/t24-,30+/m1/s1. The molecule has 0 radical (unpaired) electrons. The number of phenolic OH excluding ortho intramolecular Hbond substituents is 1. The monoisotopic (exact) mass is 473 g/mol. The lowest BCUT2D eigenvalue weighted by Gasteiger charge is -2.37. The van der Waals surface area contributed by atoms with Crippen LogP contribution in [0.25, 0.3) is 0 Å². The molecule has 1 fully saturated rings.